The number of rotatable bonds is 4. The summed E-state index contributed by atoms with van der Waals surface area (Å²) >= 11 is 0. The first kappa shape index (κ1) is 15.1. The highest BCUT2D eigenvalue weighted by molar-refractivity contribution is 5.78. The van der Waals surface area contributed by atoms with E-state index in [9.17, 15) is 10.1 Å². The summed E-state index contributed by atoms with van der Waals surface area (Å²) < 4.78 is 5.39. The zero-order valence-electron chi connectivity index (χ0n) is 11.6. The number of aliphatic carboxylic acids is 1. The summed E-state index contributed by atoms with van der Waals surface area (Å²) in [6.45, 7) is 1.40. The van der Waals surface area contributed by atoms with E-state index in [0.717, 1.165) is 0 Å². The minimum absolute atomic E-state index is 0.0493. The summed E-state index contributed by atoms with van der Waals surface area (Å²) in [4.78, 5) is 18.7. The summed E-state index contributed by atoms with van der Waals surface area (Å²) in [5.41, 5.74) is 11.9. The Labute approximate surface area is 126 Å². The van der Waals surface area contributed by atoms with E-state index in [1.165, 1.54) is 6.92 Å². The van der Waals surface area contributed by atoms with Crippen molar-refractivity contribution in [2.24, 2.45) is 0 Å². The average Bonchev–Trinajstić information content (AvgIpc) is 2.47. The lowest BCUT2D eigenvalue weighted by atomic mass is 10.1. The largest absolute Gasteiger partial charge is 0.479 e. The van der Waals surface area contributed by atoms with Gasteiger partial charge in [0.25, 0.3) is 0 Å². The number of nitrogens with zero attached hydrogens (tertiary/aromatic N) is 3. The summed E-state index contributed by atoms with van der Waals surface area (Å²) in [5, 5.41) is 18.2. The molecule has 0 amide bonds. The van der Waals surface area contributed by atoms with Gasteiger partial charge in [0.05, 0.1) is 5.69 Å². The SMILES string of the molecule is CC(Oc1ccccc1-c1nc(N)nc(N)c1C#N)C(=O)O. The van der Waals surface area contributed by atoms with Gasteiger partial charge in [-0.05, 0) is 19.1 Å². The molecule has 1 aromatic carbocycles. The maximum absolute atomic E-state index is 10.9. The van der Waals surface area contributed by atoms with Crippen LogP contribution in [0, 0.1) is 11.3 Å². The van der Waals surface area contributed by atoms with Crippen LogP contribution in [0.4, 0.5) is 11.8 Å². The molecule has 1 aromatic heterocycles. The molecule has 0 aliphatic carbocycles. The molecule has 1 unspecified atom stereocenters. The van der Waals surface area contributed by atoms with Crippen LogP contribution >= 0.6 is 0 Å². The molecule has 1 atom stereocenters. The van der Waals surface area contributed by atoms with E-state index in [1.54, 1.807) is 24.3 Å². The van der Waals surface area contributed by atoms with Gasteiger partial charge in [0.15, 0.2) is 6.10 Å². The molecule has 5 N–H and O–H groups in total. The van der Waals surface area contributed by atoms with Crippen molar-refractivity contribution >= 4 is 17.7 Å². The fourth-order valence-electron chi connectivity index (χ4n) is 1.81. The van der Waals surface area contributed by atoms with Gasteiger partial charge in [-0.3, -0.25) is 0 Å². The Morgan fingerprint density at radius 2 is 2.05 bits per heavy atom. The average molecular weight is 299 g/mol. The lowest BCUT2D eigenvalue weighted by Crippen LogP contribution is -2.23. The Kier molecular flexibility index (Phi) is 4.08. The van der Waals surface area contributed by atoms with Crippen molar-refractivity contribution in [3.63, 3.8) is 0 Å². The number of ether oxygens (including phenoxy) is 1. The minimum Gasteiger partial charge on any atom is -0.479 e. The Bertz CT molecular complexity index is 770. The highest BCUT2D eigenvalue weighted by Crippen LogP contribution is 2.33. The third-order valence-corrected chi connectivity index (χ3v) is 2.86. The van der Waals surface area contributed by atoms with Gasteiger partial charge >= 0.3 is 5.97 Å². The lowest BCUT2D eigenvalue weighted by molar-refractivity contribution is -0.144. The Morgan fingerprint density at radius 1 is 1.36 bits per heavy atom. The predicted octanol–water partition coefficient (Wildman–Crippen LogP) is 1.03. The van der Waals surface area contributed by atoms with E-state index in [2.05, 4.69) is 9.97 Å². The monoisotopic (exact) mass is 299 g/mol. The molecule has 22 heavy (non-hydrogen) atoms. The Morgan fingerprint density at radius 3 is 2.68 bits per heavy atom. The van der Waals surface area contributed by atoms with Crippen LogP contribution in [0.3, 0.4) is 0 Å². The van der Waals surface area contributed by atoms with Gasteiger partial charge in [-0.2, -0.15) is 10.2 Å². The van der Waals surface area contributed by atoms with Crippen LogP contribution in [0.15, 0.2) is 24.3 Å². The van der Waals surface area contributed by atoms with Crippen molar-refractivity contribution in [2.75, 3.05) is 11.5 Å². The van der Waals surface area contributed by atoms with Gasteiger partial charge < -0.3 is 21.3 Å². The topological polar surface area (TPSA) is 148 Å². The summed E-state index contributed by atoms with van der Waals surface area (Å²) in [7, 11) is 0. The number of nitrogen functional groups attached to an aromatic ring is 2. The molecule has 8 heteroatoms. The molecule has 1 heterocycles. The fraction of sp³-hybridized carbons (Fsp3) is 0.143. The molecular formula is C14H13N5O3. The lowest BCUT2D eigenvalue weighted by Gasteiger charge is -2.15. The van der Waals surface area contributed by atoms with Crippen molar-refractivity contribution in [1.82, 2.24) is 9.97 Å². The predicted molar refractivity (Wildman–Crippen MR) is 78.7 cm³/mol. The molecule has 2 rings (SSSR count). The number of hydrogen-bond acceptors (Lipinski definition) is 7. The number of carboxylic acids is 1. The van der Waals surface area contributed by atoms with Gasteiger partial charge in [0.2, 0.25) is 5.95 Å². The molecule has 0 aliphatic heterocycles. The van der Waals surface area contributed by atoms with Gasteiger partial charge in [0, 0.05) is 5.56 Å². The van der Waals surface area contributed by atoms with E-state index in [1.807, 2.05) is 6.07 Å². The van der Waals surface area contributed by atoms with E-state index >= 15 is 0 Å². The number of nitriles is 1. The van der Waals surface area contributed by atoms with Gasteiger partial charge in [-0.1, -0.05) is 12.1 Å². The molecule has 0 radical (unpaired) electrons. The first-order valence-corrected chi connectivity index (χ1v) is 6.26. The number of para-hydroxylation sites is 1. The number of carbonyl (C=O) groups is 1. The van der Waals surface area contributed by atoms with Crippen LogP contribution in [0.25, 0.3) is 11.3 Å². The van der Waals surface area contributed by atoms with E-state index in [4.69, 9.17) is 21.3 Å². The normalized spacial score (nSPS) is 11.5. The fourth-order valence-corrected chi connectivity index (χ4v) is 1.81. The van der Waals surface area contributed by atoms with E-state index in [-0.39, 0.29) is 28.8 Å². The van der Waals surface area contributed by atoms with Crippen molar-refractivity contribution in [3.05, 3.63) is 29.8 Å². The molecule has 0 saturated carbocycles. The van der Waals surface area contributed by atoms with Crippen LogP contribution < -0.4 is 16.2 Å². The standard InChI is InChI=1S/C14H13N5O3/c1-7(13(20)21)22-10-5-3-2-4-8(10)11-9(6-15)12(16)19-14(17)18-11/h2-5,7H,1H3,(H,20,21)(H4,16,17,18,19). The molecule has 2 aromatic rings. The minimum atomic E-state index is -1.11. The molecule has 0 aliphatic rings. The van der Waals surface area contributed by atoms with Gasteiger partial charge in [-0.25, -0.2) is 9.78 Å². The van der Waals surface area contributed by atoms with Crippen LogP contribution in [0.2, 0.25) is 0 Å². The molecule has 112 valence electrons. The molecule has 0 spiro atoms. The first-order valence-electron chi connectivity index (χ1n) is 6.26. The molecule has 0 fully saturated rings. The second-order valence-electron chi connectivity index (χ2n) is 4.40. The second kappa shape index (κ2) is 5.97. The highest BCUT2D eigenvalue weighted by Gasteiger charge is 2.19. The Hall–Kier alpha value is -3.34. The smallest absolute Gasteiger partial charge is 0.344 e. The third kappa shape index (κ3) is 2.88. The van der Waals surface area contributed by atoms with E-state index < -0.39 is 12.1 Å². The number of carboxylic acid groups (broad SMARTS) is 1. The Balaban J connectivity index is 2.60. The van der Waals surface area contributed by atoms with Crippen LogP contribution in [0.1, 0.15) is 12.5 Å². The van der Waals surface area contributed by atoms with Crippen molar-refractivity contribution < 1.29 is 14.6 Å². The third-order valence-electron chi connectivity index (χ3n) is 2.86. The summed E-state index contributed by atoms with van der Waals surface area (Å²) in [6, 6.07) is 8.49. The molecule has 8 nitrogen and oxygen atoms in total. The number of nitrogens with two attached hydrogens (primary N) is 2. The zero-order chi connectivity index (χ0) is 16.3. The maximum Gasteiger partial charge on any atom is 0.344 e. The van der Waals surface area contributed by atoms with Gasteiger partial charge in [-0.15, -0.1) is 0 Å². The molecular weight excluding hydrogens is 286 g/mol. The quantitative estimate of drug-likeness (QED) is 0.758. The number of hydrogen-bond donors (Lipinski definition) is 3. The van der Waals surface area contributed by atoms with Crippen LogP contribution in [0.5, 0.6) is 5.75 Å². The number of anilines is 2. The second-order valence-corrected chi connectivity index (χ2v) is 4.40. The number of benzene rings is 1. The summed E-state index contributed by atoms with van der Waals surface area (Å²) in [5.74, 6) is -0.998. The molecule has 0 saturated heterocycles. The summed E-state index contributed by atoms with van der Waals surface area (Å²) in [6.07, 6.45) is -1.07. The number of aromatic nitrogens is 2. The van der Waals surface area contributed by atoms with Crippen molar-refractivity contribution in [1.29, 1.82) is 5.26 Å². The van der Waals surface area contributed by atoms with Crippen LogP contribution in [-0.4, -0.2) is 27.1 Å². The van der Waals surface area contributed by atoms with Crippen LogP contribution in [-0.2, 0) is 4.79 Å². The zero-order valence-corrected chi connectivity index (χ0v) is 11.6. The van der Waals surface area contributed by atoms with E-state index in [0.29, 0.717) is 5.56 Å². The van der Waals surface area contributed by atoms with Crippen molar-refractivity contribution in [3.8, 4) is 23.1 Å². The van der Waals surface area contributed by atoms with Gasteiger partial charge in [0.1, 0.15) is 23.2 Å². The highest BCUT2D eigenvalue weighted by atomic mass is 16.5. The molecule has 0 bridgehead atoms. The maximum atomic E-state index is 10.9. The first-order chi connectivity index (χ1) is 10.4. The van der Waals surface area contributed by atoms with Crippen molar-refractivity contribution in [2.45, 2.75) is 13.0 Å².